The maximum Gasteiger partial charge on any atom is 0.264 e. The van der Waals surface area contributed by atoms with Gasteiger partial charge in [0.15, 0.2) is 13.9 Å². The number of hydrogen-bond acceptors (Lipinski definition) is 7. The van der Waals surface area contributed by atoms with Crippen LogP contribution in [0.15, 0.2) is 97.1 Å². The second-order valence-corrected chi connectivity index (χ2v) is 18.4. The molecular formula is C40H44ClN3O7Si. The first-order valence-electron chi connectivity index (χ1n) is 17.3. The highest BCUT2D eigenvalue weighted by Crippen LogP contribution is 2.60. The van der Waals surface area contributed by atoms with Crippen LogP contribution in [0.25, 0.3) is 0 Å². The lowest BCUT2D eigenvalue weighted by Gasteiger charge is -2.32. The van der Waals surface area contributed by atoms with Crippen molar-refractivity contribution in [3.8, 4) is 5.75 Å². The number of benzene rings is 4. The van der Waals surface area contributed by atoms with E-state index in [1.807, 2.05) is 68.5 Å². The van der Waals surface area contributed by atoms with Crippen molar-refractivity contribution >= 4 is 49.0 Å². The topological polar surface area (TPSA) is 129 Å². The summed E-state index contributed by atoms with van der Waals surface area (Å²) in [5.74, 6) is -0.608. The number of methoxy groups -OCH3 is 1. The third-order valence-electron chi connectivity index (χ3n) is 10.2. The molecule has 4 atom stereocenters. The fraction of sp³-hybridized carbons (Fsp3) is 0.325. The Morgan fingerprint density at radius 2 is 1.69 bits per heavy atom. The lowest BCUT2D eigenvalue weighted by Crippen LogP contribution is -2.46. The van der Waals surface area contributed by atoms with Gasteiger partial charge in [-0.05, 0) is 78.8 Å². The number of ether oxygens (including phenoxy) is 2. The molecule has 272 valence electrons. The number of nitrogens with one attached hydrogen (secondary N) is 1. The summed E-state index contributed by atoms with van der Waals surface area (Å²) in [7, 11) is -1.47. The Morgan fingerprint density at radius 1 is 1.00 bits per heavy atom. The van der Waals surface area contributed by atoms with Crippen molar-refractivity contribution in [2.75, 3.05) is 30.5 Å². The van der Waals surface area contributed by atoms with Gasteiger partial charge in [-0.1, -0.05) is 61.0 Å². The number of anilines is 2. The molecule has 0 aliphatic carbocycles. The van der Waals surface area contributed by atoms with E-state index in [9.17, 15) is 24.3 Å². The molecule has 52 heavy (non-hydrogen) atoms. The van der Waals surface area contributed by atoms with Gasteiger partial charge in [-0.3, -0.25) is 14.4 Å². The fourth-order valence-corrected chi connectivity index (χ4v) is 10.5. The molecule has 2 aliphatic rings. The Labute approximate surface area is 310 Å². The van der Waals surface area contributed by atoms with Crippen LogP contribution in [0, 0.1) is 5.92 Å². The zero-order chi connectivity index (χ0) is 37.2. The molecule has 6 rings (SSSR count). The Bertz CT molecular complexity index is 1920. The summed E-state index contributed by atoms with van der Waals surface area (Å²) in [5.41, 5.74) is 2.14. The molecule has 3 amide bonds. The van der Waals surface area contributed by atoms with Gasteiger partial charge in [0.2, 0.25) is 5.91 Å². The largest absolute Gasteiger partial charge is 0.497 e. The average molecular weight is 742 g/mol. The zero-order valence-corrected chi connectivity index (χ0v) is 31.5. The van der Waals surface area contributed by atoms with Crippen LogP contribution < -0.4 is 15.0 Å². The number of amides is 3. The Balaban J connectivity index is 1.25. The maximum absolute atomic E-state index is 14.8. The summed E-state index contributed by atoms with van der Waals surface area (Å²) in [4.78, 5) is 56.5. The number of rotatable bonds is 12. The van der Waals surface area contributed by atoms with E-state index in [1.165, 1.54) is 0 Å². The smallest absolute Gasteiger partial charge is 0.264 e. The van der Waals surface area contributed by atoms with E-state index in [1.54, 1.807) is 65.4 Å². The van der Waals surface area contributed by atoms with Gasteiger partial charge in [-0.25, -0.2) is 0 Å². The SMILES string of the molecule is COc1ccc(C(=O)Nc2ccc(CN3C(=O)[C@@]4(O[C@@H](CC(=O)N(CCO)Cc5ccccc5)[C@H]([Si](C)(C)O)[C@H]4C)c4cc(Cl)ccc43)cc2)cc1. The van der Waals surface area contributed by atoms with Crippen molar-refractivity contribution in [3.05, 3.63) is 124 Å². The number of fused-ring (bicyclic) bond motifs is 2. The van der Waals surface area contributed by atoms with Crippen LogP contribution in [-0.4, -0.2) is 67.2 Å². The van der Waals surface area contributed by atoms with Gasteiger partial charge >= 0.3 is 0 Å². The molecule has 0 saturated carbocycles. The highest BCUT2D eigenvalue weighted by molar-refractivity contribution is 6.71. The minimum atomic E-state index is -3.04. The van der Waals surface area contributed by atoms with Crippen LogP contribution in [0.1, 0.15) is 40.4 Å². The molecule has 12 heteroatoms. The average Bonchev–Trinajstić information content (AvgIpc) is 3.54. The summed E-state index contributed by atoms with van der Waals surface area (Å²) < 4.78 is 12.0. The monoisotopic (exact) mass is 741 g/mol. The predicted octanol–water partition coefficient (Wildman–Crippen LogP) is 6.36. The molecule has 0 radical (unpaired) electrons. The molecule has 2 aliphatic heterocycles. The minimum Gasteiger partial charge on any atom is -0.497 e. The van der Waals surface area contributed by atoms with Gasteiger partial charge in [-0.2, -0.15) is 0 Å². The Morgan fingerprint density at radius 3 is 2.33 bits per heavy atom. The molecular weight excluding hydrogens is 698 g/mol. The van der Waals surface area contributed by atoms with Crippen molar-refractivity contribution < 1.29 is 33.8 Å². The van der Waals surface area contributed by atoms with Gasteiger partial charge in [-0.15, -0.1) is 0 Å². The molecule has 1 saturated heterocycles. The minimum absolute atomic E-state index is 0.0620. The summed E-state index contributed by atoms with van der Waals surface area (Å²) in [5, 5.41) is 13.1. The molecule has 1 fully saturated rings. The highest BCUT2D eigenvalue weighted by atomic mass is 35.5. The number of aliphatic hydroxyl groups excluding tert-OH is 1. The van der Waals surface area contributed by atoms with Gasteiger partial charge in [0.25, 0.3) is 11.8 Å². The lowest BCUT2D eigenvalue weighted by atomic mass is 9.82. The summed E-state index contributed by atoms with van der Waals surface area (Å²) in [6, 6.07) is 28.9. The third-order valence-corrected chi connectivity index (χ3v) is 12.9. The number of aliphatic hydroxyl groups is 1. The van der Waals surface area contributed by atoms with Crippen LogP contribution in [-0.2, 0) is 33.0 Å². The first-order chi connectivity index (χ1) is 24.8. The number of nitrogens with zero attached hydrogens (tertiary/aromatic N) is 2. The normalized spacial score (nSPS) is 20.9. The van der Waals surface area contributed by atoms with Crippen LogP contribution >= 0.6 is 11.6 Å². The van der Waals surface area contributed by atoms with Crippen LogP contribution in [0.3, 0.4) is 0 Å². The van der Waals surface area contributed by atoms with Crippen molar-refractivity contribution in [2.45, 2.75) is 56.8 Å². The van der Waals surface area contributed by atoms with Gasteiger partial charge in [0, 0.05) is 46.4 Å². The molecule has 4 aromatic rings. The van der Waals surface area contributed by atoms with E-state index in [0.29, 0.717) is 39.8 Å². The van der Waals surface area contributed by atoms with E-state index >= 15 is 0 Å². The van der Waals surface area contributed by atoms with Gasteiger partial charge < -0.3 is 34.5 Å². The standard InChI is InChI=1S/C40H44ClN3O7Si/c1-26-37(52(3,4)49)35(23-36(46)43(20-21-45)24-27-8-6-5-7-9-27)51-40(26)33-22-30(41)14-19-34(33)44(39(40)48)25-28-10-15-31(16-11-28)42-38(47)29-12-17-32(50-2)18-13-29/h5-19,22,26,35,37,45,49H,20-21,23-25H2,1-4H3,(H,42,47)/t26-,35+,37-,40+/m1/s1. The van der Waals surface area contributed by atoms with E-state index < -0.39 is 31.5 Å². The molecule has 0 unspecified atom stereocenters. The van der Waals surface area contributed by atoms with E-state index in [-0.39, 0.29) is 43.8 Å². The molecule has 10 nitrogen and oxygen atoms in total. The van der Waals surface area contributed by atoms with E-state index in [0.717, 1.165) is 11.1 Å². The first-order valence-corrected chi connectivity index (χ1v) is 20.7. The summed E-state index contributed by atoms with van der Waals surface area (Å²) >= 11 is 6.56. The third kappa shape index (κ3) is 7.37. The van der Waals surface area contributed by atoms with Crippen molar-refractivity contribution in [2.24, 2.45) is 5.92 Å². The second-order valence-electron chi connectivity index (χ2n) is 14.0. The predicted molar refractivity (Wildman–Crippen MR) is 203 cm³/mol. The van der Waals surface area contributed by atoms with Gasteiger partial charge in [0.05, 0.1) is 38.5 Å². The Hall–Kier alpha value is -4.52. The second kappa shape index (κ2) is 15.2. The maximum atomic E-state index is 14.8. The molecule has 3 N–H and O–H groups in total. The Kier molecular flexibility index (Phi) is 10.9. The highest BCUT2D eigenvalue weighted by Gasteiger charge is 2.66. The first kappa shape index (κ1) is 37.2. The molecule has 1 spiro atoms. The molecule has 2 heterocycles. The summed E-state index contributed by atoms with van der Waals surface area (Å²) in [6.07, 6.45) is -0.816. The van der Waals surface area contributed by atoms with Crippen molar-refractivity contribution in [3.63, 3.8) is 0 Å². The molecule has 4 aromatic carbocycles. The quantitative estimate of drug-likeness (QED) is 0.144. The van der Waals surface area contributed by atoms with Crippen LogP contribution in [0.4, 0.5) is 11.4 Å². The van der Waals surface area contributed by atoms with E-state index in [2.05, 4.69) is 5.32 Å². The number of carbonyl (C=O) groups excluding carboxylic acids is 3. The van der Waals surface area contributed by atoms with Crippen LogP contribution in [0.2, 0.25) is 23.7 Å². The fourth-order valence-electron chi connectivity index (χ4n) is 7.75. The number of carbonyl (C=O) groups is 3. The number of halogens is 1. The molecule has 0 aromatic heterocycles. The van der Waals surface area contributed by atoms with E-state index in [4.69, 9.17) is 21.1 Å². The van der Waals surface area contributed by atoms with Crippen molar-refractivity contribution in [1.82, 2.24) is 4.90 Å². The zero-order valence-electron chi connectivity index (χ0n) is 29.7. The summed E-state index contributed by atoms with van der Waals surface area (Å²) in [6.45, 7) is 6.01. The van der Waals surface area contributed by atoms with Gasteiger partial charge in [0.1, 0.15) is 5.75 Å². The number of hydrogen-bond donors (Lipinski definition) is 3. The van der Waals surface area contributed by atoms with Crippen LogP contribution in [0.5, 0.6) is 5.75 Å². The van der Waals surface area contributed by atoms with Crippen molar-refractivity contribution in [1.29, 1.82) is 0 Å². The lowest BCUT2D eigenvalue weighted by molar-refractivity contribution is -0.150. The molecule has 0 bridgehead atoms.